The van der Waals surface area contributed by atoms with E-state index in [9.17, 15) is 9.18 Å². The number of piperidine rings is 1. The molecule has 3 aromatic rings. The minimum atomic E-state index is -0.399. The molecule has 4 rings (SSSR count). The third kappa shape index (κ3) is 3.35. The van der Waals surface area contributed by atoms with Gasteiger partial charge in [0.05, 0.1) is 17.9 Å². The molecule has 6 heteroatoms. The van der Waals surface area contributed by atoms with E-state index in [1.165, 1.54) is 12.1 Å². The Morgan fingerprint density at radius 3 is 2.93 bits per heavy atom. The second-order valence-electron chi connectivity index (χ2n) is 6.91. The predicted molar refractivity (Wildman–Crippen MR) is 101 cm³/mol. The van der Waals surface area contributed by atoms with Gasteiger partial charge in [-0.15, -0.1) is 0 Å². The molecule has 0 bridgehead atoms. The molecule has 1 amide bonds. The summed E-state index contributed by atoms with van der Waals surface area (Å²) in [4.78, 5) is 19.1. The van der Waals surface area contributed by atoms with Crippen molar-refractivity contribution in [2.45, 2.75) is 32.2 Å². The molecule has 1 aliphatic rings. The van der Waals surface area contributed by atoms with Crippen molar-refractivity contribution in [1.29, 1.82) is 0 Å². The van der Waals surface area contributed by atoms with Gasteiger partial charge in [0, 0.05) is 30.1 Å². The normalized spacial score (nSPS) is 17.1. The minimum absolute atomic E-state index is 0.111. The highest BCUT2D eigenvalue weighted by molar-refractivity contribution is 5.94. The molecule has 1 aliphatic heterocycles. The number of carbonyl (C=O) groups excluding carboxylic acids is 1. The zero-order valence-corrected chi connectivity index (χ0v) is 15.2. The van der Waals surface area contributed by atoms with Crippen LogP contribution in [0.3, 0.4) is 0 Å². The van der Waals surface area contributed by atoms with Crippen LogP contribution in [-0.2, 0) is 0 Å². The van der Waals surface area contributed by atoms with Crippen molar-refractivity contribution in [2.75, 3.05) is 6.54 Å². The highest BCUT2D eigenvalue weighted by Crippen LogP contribution is 2.37. The summed E-state index contributed by atoms with van der Waals surface area (Å²) in [7, 11) is 0. The van der Waals surface area contributed by atoms with Crippen molar-refractivity contribution in [3.05, 3.63) is 71.6 Å². The lowest BCUT2D eigenvalue weighted by molar-refractivity contribution is 0.0606. The van der Waals surface area contributed by atoms with Crippen LogP contribution in [0.4, 0.5) is 4.39 Å². The Bertz CT molecular complexity index is 968. The zero-order chi connectivity index (χ0) is 18.8. The van der Waals surface area contributed by atoms with Gasteiger partial charge >= 0.3 is 0 Å². The van der Waals surface area contributed by atoms with E-state index in [4.69, 9.17) is 0 Å². The maximum atomic E-state index is 13.6. The summed E-state index contributed by atoms with van der Waals surface area (Å²) in [6.07, 6.45) is 8.20. The summed E-state index contributed by atoms with van der Waals surface area (Å²) in [5, 5.41) is 7.36. The number of hydrogen-bond donors (Lipinski definition) is 1. The van der Waals surface area contributed by atoms with Crippen molar-refractivity contribution in [3.63, 3.8) is 0 Å². The fourth-order valence-corrected chi connectivity index (χ4v) is 3.80. The first-order valence-electron chi connectivity index (χ1n) is 9.16. The Balaban J connectivity index is 1.71. The molecular weight excluding hydrogens is 343 g/mol. The van der Waals surface area contributed by atoms with Gasteiger partial charge in [-0.3, -0.25) is 14.9 Å². The molecule has 1 N–H and O–H groups in total. The number of H-pyrrole nitrogens is 1. The molecule has 3 heterocycles. The smallest absolute Gasteiger partial charge is 0.254 e. The topological polar surface area (TPSA) is 61.9 Å². The molecule has 5 nitrogen and oxygen atoms in total. The SMILES string of the molecule is Cc1cnccc1-c1cn[nH]c1[C@@H]1CCCCN1C(=O)c1cccc(F)c1. The van der Waals surface area contributed by atoms with Crippen molar-refractivity contribution in [1.82, 2.24) is 20.1 Å². The molecule has 0 saturated carbocycles. The number of pyridine rings is 1. The van der Waals surface area contributed by atoms with Gasteiger partial charge < -0.3 is 4.90 Å². The monoisotopic (exact) mass is 364 g/mol. The van der Waals surface area contributed by atoms with Crippen LogP contribution in [0.1, 0.15) is 46.9 Å². The number of benzene rings is 1. The van der Waals surface area contributed by atoms with Crippen LogP contribution in [0.25, 0.3) is 11.1 Å². The summed E-state index contributed by atoms with van der Waals surface area (Å²) < 4.78 is 13.6. The first-order chi connectivity index (χ1) is 13.1. The lowest BCUT2D eigenvalue weighted by Crippen LogP contribution is -2.39. The van der Waals surface area contributed by atoms with Crippen molar-refractivity contribution in [3.8, 4) is 11.1 Å². The van der Waals surface area contributed by atoms with Gasteiger partial charge in [0.2, 0.25) is 0 Å². The van der Waals surface area contributed by atoms with E-state index in [1.54, 1.807) is 24.5 Å². The molecule has 138 valence electrons. The first kappa shape index (κ1) is 17.4. The minimum Gasteiger partial charge on any atom is -0.330 e. The van der Waals surface area contributed by atoms with Crippen LogP contribution in [0.5, 0.6) is 0 Å². The van der Waals surface area contributed by atoms with Crippen LogP contribution in [0.2, 0.25) is 0 Å². The van der Waals surface area contributed by atoms with E-state index >= 15 is 0 Å². The van der Waals surface area contributed by atoms with Crippen LogP contribution in [0, 0.1) is 12.7 Å². The van der Waals surface area contributed by atoms with Gasteiger partial charge in [0.25, 0.3) is 5.91 Å². The van der Waals surface area contributed by atoms with Crippen LogP contribution < -0.4 is 0 Å². The van der Waals surface area contributed by atoms with Crippen LogP contribution in [0.15, 0.2) is 48.9 Å². The van der Waals surface area contributed by atoms with Gasteiger partial charge in [0.15, 0.2) is 0 Å². The van der Waals surface area contributed by atoms with E-state index < -0.39 is 5.82 Å². The van der Waals surface area contributed by atoms with Crippen molar-refractivity contribution in [2.24, 2.45) is 0 Å². The molecular formula is C21H21FN4O. The standard InChI is InChI=1S/C21H21FN4O/c1-14-12-23-9-8-17(14)18-13-24-25-20(18)19-7-2-3-10-26(19)21(27)15-5-4-6-16(22)11-15/h4-6,8-9,11-13,19H,2-3,7,10H2,1H3,(H,24,25)/t19-/m0/s1. The molecule has 0 aliphatic carbocycles. The molecule has 27 heavy (non-hydrogen) atoms. The molecule has 2 aromatic heterocycles. The van der Waals surface area contributed by atoms with E-state index in [1.807, 2.05) is 24.1 Å². The maximum Gasteiger partial charge on any atom is 0.254 e. The number of halogens is 1. The van der Waals surface area contributed by atoms with E-state index in [0.717, 1.165) is 41.6 Å². The zero-order valence-electron chi connectivity index (χ0n) is 15.2. The molecule has 1 fully saturated rings. The molecule has 1 aromatic carbocycles. The largest absolute Gasteiger partial charge is 0.330 e. The lowest BCUT2D eigenvalue weighted by atomic mass is 9.93. The molecule has 1 atom stereocenters. The molecule has 0 radical (unpaired) electrons. The highest BCUT2D eigenvalue weighted by Gasteiger charge is 2.31. The Morgan fingerprint density at radius 1 is 1.22 bits per heavy atom. The summed E-state index contributed by atoms with van der Waals surface area (Å²) >= 11 is 0. The van der Waals surface area contributed by atoms with Gasteiger partial charge in [-0.2, -0.15) is 5.10 Å². The Hall–Kier alpha value is -3.02. The average Bonchev–Trinajstić information content (AvgIpc) is 3.17. The van der Waals surface area contributed by atoms with Gasteiger partial charge in [0.1, 0.15) is 5.82 Å². The number of aromatic amines is 1. The number of nitrogens with one attached hydrogen (secondary N) is 1. The highest BCUT2D eigenvalue weighted by atomic mass is 19.1. The summed E-state index contributed by atoms with van der Waals surface area (Å²) in [5.41, 5.74) is 4.40. The number of hydrogen-bond acceptors (Lipinski definition) is 3. The lowest BCUT2D eigenvalue weighted by Gasteiger charge is -2.36. The number of amides is 1. The number of rotatable bonds is 3. The van der Waals surface area contributed by atoms with Gasteiger partial charge in [-0.1, -0.05) is 6.07 Å². The summed E-state index contributed by atoms with van der Waals surface area (Å²) in [6, 6.07) is 7.74. The third-order valence-corrected chi connectivity index (χ3v) is 5.15. The van der Waals surface area contributed by atoms with Gasteiger partial charge in [-0.25, -0.2) is 4.39 Å². The Labute approximate surface area is 157 Å². The van der Waals surface area contributed by atoms with Crippen molar-refractivity contribution < 1.29 is 9.18 Å². The third-order valence-electron chi connectivity index (χ3n) is 5.15. The molecule has 0 spiro atoms. The fourth-order valence-electron chi connectivity index (χ4n) is 3.80. The summed E-state index contributed by atoms with van der Waals surface area (Å²) in [5.74, 6) is -0.546. The number of likely N-dealkylation sites (tertiary alicyclic amines) is 1. The average molecular weight is 364 g/mol. The molecule has 1 saturated heterocycles. The summed E-state index contributed by atoms with van der Waals surface area (Å²) in [6.45, 7) is 2.66. The van der Waals surface area contributed by atoms with Crippen LogP contribution in [-0.4, -0.2) is 32.5 Å². The predicted octanol–water partition coefficient (Wildman–Crippen LogP) is 4.29. The number of carbonyl (C=O) groups is 1. The van der Waals surface area contributed by atoms with E-state index in [0.29, 0.717) is 12.1 Å². The van der Waals surface area contributed by atoms with Crippen molar-refractivity contribution >= 4 is 5.91 Å². The fraction of sp³-hybridized carbons (Fsp3) is 0.286. The Kier molecular flexibility index (Phi) is 4.71. The first-order valence-corrected chi connectivity index (χ1v) is 9.16. The Morgan fingerprint density at radius 2 is 2.11 bits per heavy atom. The maximum absolute atomic E-state index is 13.6. The van der Waals surface area contributed by atoms with E-state index in [2.05, 4.69) is 15.2 Å². The van der Waals surface area contributed by atoms with Crippen LogP contribution >= 0.6 is 0 Å². The number of nitrogens with zero attached hydrogens (tertiary/aromatic N) is 3. The molecule has 0 unspecified atom stereocenters. The quantitative estimate of drug-likeness (QED) is 0.754. The van der Waals surface area contributed by atoms with Gasteiger partial charge in [-0.05, 0) is 61.6 Å². The van der Waals surface area contributed by atoms with E-state index in [-0.39, 0.29) is 11.9 Å². The number of aryl methyl sites for hydroxylation is 1. The second-order valence-corrected chi connectivity index (χ2v) is 6.91. The number of aromatic nitrogens is 3. The second kappa shape index (κ2) is 7.31.